The molecule has 4 nitrogen and oxygen atoms in total. The quantitative estimate of drug-likeness (QED) is 0.444. The molecule has 172 valence electrons. The number of ether oxygens (including phenoxy) is 2. The third-order valence-corrected chi connectivity index (χ3v) is 6.11. The number of aliphatic hydroxyl groups is 1. The number of hydrogen-bond acceptors (Lipinski definition) is 4. The van der Waals surface area contributed by atoms with Crippen molar-refractivity contribution in [2.75, 3.05) is 19.0 Å². The van der Waals surface area contributed by atoms with Crippen LogP contribution >= 0.6 is 0 Å². The van der Waals surface area contributed by atoms with Crippen LogP contribution in [0, 0.1) is 6.92 Å². The molecule has 3 aromatic carbocycles. The Bertz CT molecular complexity index is 1190. The second kappa shape index (κ2) is 9.32. The van der Waals surface area contributed by atoms with E-state index < -0.39 is 0 Å². The minimum atomic E-state index is -0.119. The van der Waals surface area contributed by atoms with E-state index in [4.69, 9.17) is 9.47 Å². The first-order chi connectivity index (χ1) is 15.8. The summed E-state index contributed by atoms with van der Waals surface area (Å²) in [6.07, 6.45) is 2.84. The van der Waals surface area contributed by atoms with Crippen molar-refractivity contribution >= 4 is 11.3 Å². The van der Waals surface area contributed by atoms with Crippen LogP contribution in [-0.4, -0.2) is 24.4 Å². The molecule has 0 aliphatic carbocycles. The second-order valence-electron chi connectivity index (χ2n) is 9.26. The van der Waals surface area contributed by atoms with Crippen molar-refractivity contribution in [2.45, 2.75) is 46.3 Å². The highest BCUT2D eigenvalue weighted by Gasteiger charge is 2.27. The van der Waals surface area contributed by atoms with Crippen LogP contribution in [-0.2, 0) is 13.0 Å². The predicted octanol–water partition coefficient (Wildman–Crippen LogP) is 6.39. The lowest BCUT2D eigenvalue weighted by Gasteiger charge is -2.33. The molecule has 1 aliphatic heterocycles. The fraction of sp³-hybridized carbons (Fsp3) is 0.310. The minimum Gasteiger partial charge on any atom is -0.496 e. The van der Waals surface area contributed by atoms with Gasteiger partial charge in [-0.3, -0.25) is 0 Å². The number of anilines is 1. The van der Waals surface area contributed by atoms with E-state index in [-0.39, 0.29) is 12.1 Å². The van der Waals surface area contributed by atoms with Gasteiger partial charge in [-0.15, -0.1) is 0 Å². The first-order valence-electron chi connectivity index (χ1n) is 11.4. The van der Waals surface area contributed by atoms with E-state index in [0.29, 0.717) is 13.0 Å². The average Bonchev–Trinajstić information content (AvgIpc) is 2.77. The van der Waals surface area contributed by atoms with Crippen LogP contribution < -0.4 is 14.8 Å². The number of benzene rings is 3. The van der Waals surface area contributed by atoms with Gasteiger partial charge in [0.1, 0.15) is 18.1 Å². The summed E-state index contributed by atoms with van der Waals surface area (Å²) < 4.78 is 12.1. The molecule has 0 bridgehead atoms. The maximum Gasteiger partial charge on any atom is 0.126 e. The van der Waals surface area contributed by atoms with Crippen molar-refractivity contribution in [1.29, 1.82) is 0 Å². The van der Waals surface area contributed by atoms with E-state index in [1.165, 1.54) is 11.1 Å². The molecule has 4 rings (SSSR count). The minimum absolute atomic E-state index is 0.0910. The fourth-order valence-electron chi connectivity index (χ4n) is 4.74. The lowest BCUT2D eigenvalue weighted by molar-refractivity contribution is 0.284. The van der Waals surface area contributed by atoms with Gasteiger partial charge < -0.3 is 19.9 Å². The Labute approximate surface area is 196 Å². The summed E-state index contributed by atoms with van der Waals surface area (Å²) in [5, 5.41) is 13.1. The molecule has 33 heavy (non-hydrogen) atoms. The van der Waals surface area contributed by atoms with Gasteiger partial charge >= 0.3 is 0 Å². The van der Waals surface area contributed by atoms with Gasteiger partial charge in [-0.05, 0) is 74.6 Å². The lowest BCUT2D eigenvalue weighted by atomic mass is 9.85. The van der Waals surface area contributed by atoms with Gasteiger partial charge in [0.2, 0.25) is 0 Å². The highest BCUT2D eigenvalue weighted by atomic mass is 16.5. The summed E-state index contributed by atoms with van der Waals surface area (Å²) in [5.74, 6) is 1.65. The second-order valence-corrected chi connectivity index (χ2v) is 9.26. The van der Waals surface area contributed by atoms with Crippen molar-refractivity contribution < 1.29 is 14.6 Å². The third kappa shape index (κ3) is 4.76. The molecular formula is C29H33NO3. The number of hydrogen-bond donors (Lipinski definition) is 2. The van der Waals surface area contributed by atoms with Gasteiger partial charge in [0.25, 0.3) is 0 Å². The Balaban J connectivity index is 1.85. The molecule has 4 heteroatoms. The van der Waals surface area contributed by atoms with Crippen LogP contribution in [0.4, 0.5) is 5.69 Å². The van der Waals surface area contributed by atoms with Gasteiger partial charge in [0, 0.05) is 29.0 Å². The Hall–Kier alpha value is -3.24. The molecule has 0 unspecified atom stereocenters. The van der Waals surface area contributed by atoms with Crippen molar-refractivity contribution in [3.8, 4) is 22.6 Å². The van der Waals surface area contributed by atoms with Crippen LogP contribution in [0.1, 0.15) is 43.0 Å². The number of allylic oxidation sites excluding steroid dienone is 1. The highest BCUT2D eigenvalue weighted by Crippen LogP contribution is 2.43. The first kappa shape index (κ1) is 22.9. The topological polar surface area (TPSA) is 50.7 Å². The summed E-state index contributed by atoms with van der Waals surface area (Å²) in [6, 6.07) is 18.5. The monoisotopic (exact) mass is 443 g/mol. The molecule has 0 atom stereocenters. The van der Waals surface area contributed by atoms with Crippen LogP contribution in [0.5, 0.6) is 11.5 Å². The maximum absolute atomic E-state index is 9.46. The largest absolute Gasteiger partial charge is 0.496 e. The number of fused-ring (bicyclic) bond motifs is 1. The predicted molar refractivity (Wildman–Crippen MR) is 136 cm³/mol. The van der Waals surface area contributed by atoms with Crippen LogP contribution in [0.2, 0.25) is 0 Å². The zero-order valence-corrected chi connectivity index (χ0v) is 20.2. The molecule has 1 heterocycles. The van der Waals surface area contributed by atoms with Gasteiger partial charge in [-0.2, -0.15) is 0 Å². The normalized spacial score (nSPS) is 14.2. The molecule has 2 N–H and O–H groups in total. The molecule has 3 aromatic rings. The number of aliphatic hydroxyl groups excluding tert-OH is 1. The van der Waals surface area contributed by atoms with Crippen LogP contribution in [0.3, 0.4) is 0 Å². The van der Waals surface area contributed by atoms with Crippen LogP contribution in [0.25, 0.3) is 16.7 Å². The third-order valence-electron chi connectivity index (χ3n) is 6.11. The molecule has 0 saturated carbocycles. The Morgan fingerprint density at radius 3 is 2.45 bits per heavy atom. The Kier molecular flexibility index (Phi) is 6.48. The highest BCUT2D eigenvalue weighted by molar-refractivity contribution is 5.88. The summed E-state index contributed by atoms with van der Waals surface area (Å²) in [5.41, 5.74) is 8.81. The van der Waals surface area contributed by atoms with Crippen molar-refractivity contribution in [3.63, 3.8) is 0 Å². The van der Waals surface area contributed by atoms with Crippen molar-refractivity contribution in [2.24, 2.45) is 0 Å². The number of rotatable bonds is 7. The molecule has 1 aliphatic rings. The van der Waals surface area contributed by atoms with Gasteiger partial charge in [0.15, 0.2) is 0 Å². The molecule has 0 fully saturated rings. The smallest absolute Gasteiger partial charge is 0.126 e. The van der Waals surface area contributed by atoms with E-state index in [0.717, 1.165) is 45.0 Å². The first-order valence-corrected chi connectivity index (χ1v) is 11.4. The van der Waals surface area contributed by atoms with E-state index in [1.54, 1.807) is 7.11 Å². The molecule has 0 saturated heterocycles. The molecule has 0 amide bonds. The van der Waals surface area contributed by atoms with E-state index in [1.807, 2.05) is 24.3 Å². The summed E-state index contributed by atoms with van der Waals surface area (Å²) in [7, 11) is 1.72. The van der Waals surface area contributed by atoms with Crippen molar-refractivity contribution in [3.05, 3.63) is 82.9 Å². The number of para-hydroxylation sites is 1. The standard InChI is InChI=1S/C29H33NO3/c1-19-10-11-23(27(16-19)32-5)22-12-13-25-28(20(2)17-29(3,4)30-25)24(22)18-33-26-9-7-6-8-21(26)14-15-31/h6-13,16-17,30-31H,14-15,18H2,1-5H3. The SMILES string of the molecule is COc1cc(C)ccc1-c1ccc2c(c1COc1ccccc1CCO)C(C)=CC(C)(C)N2. The molecule has 0 radical (unpaired) electrons. The van der Waals surface area contributed by atoms with Crippen LogP contribution in [0.15, 0.2) is 60.7 Å². The number of nitrogens with one attached hydrogen (secondary N) is 1. The molecule has 0 aromatic heterocycles. The lowest BCUT2D eigenvalue weighted by Crippen LogP contribution is -2.32. The zero-order valence-electron chi connectivity index (χ0n) is 20.2. The fourth-order valence-corrected chi connectivity index (χ4v) is 4.74. The zero-order chi connectivity index (χ0) is 23.6. The summed E-state index contributed by atoms with van der Waals surface area (Å²) >= 11 is 0. The summed E-state index contributed by atoms with van der Waals surface area (Å²) in [6.45, 7) is 9.09. The average molecular weight is 444 g/mol. The van der Waals surface area contributed by atoms with Gasteiger partial charge in [0.05, 0.1) is 12.6 Å². The Morgan fingerprint density at radius 2 is 1.70 bits per heavy atom. The van der Waals surface area contributed by atoms with E-state index in [9.17, 15) is 5.11 Å². The van der Waals surface area contributed by atoms with E-state index >= 15 is 0 Å². The number of aryl methyl sites for hydroxylation is 1. The summed E-state index contributed by atoms with van der Waals surface area (Å²) in [4.78, 5) is 0. The maximum atomic E-state index is 9.46. The van der Waals surface area contributed by atoms with Crippen molar-refractivity contribution in [1.82, 2.24) is 0 Å². The molecular weight excluding hydrogens is 410 g/mol. The molecule has 0 spiro atoms. The van der Waals surface area contributed by atoms with E-state index in [2.05, 4.69) is 69.4 Å². The number of methoxy groups -OCH3 is 1. The Morgan fingerprint density at radius 1 is 0.939 bits per heavy atom. The van der Waals surface area contributed by atoms with Gasteiger partial charge in [-0.1, -0.05) is 42.5 Å². The van der Waals surface area contributed by atoms with Gasteiger partial charge in [-0.25, -0.2) is 0 Å².